The standard InChI is InChI=1S/C9H12N4O2.ClH/c10-7-3-4-12(6-7)9-2-1-8(5-11-9)13(14)15;/h1-2,5,7H,3-4,6,10H2;1H. The lowest BCUT2D eigenvalue weighted by Crippen LogP contribution is -2.26. The first kappa shape index (κ1) is 12.7. The predicted octanol–water partition coefficient (Wildman–Crippen LogP) is 0.949. The highest BCUT2D eigenvalue weighted by Gasteiger charge is 2.20. The summed E-state index contributed by atoms with van der Waals surface area (Å²) < 4.78 is 0. The van der Waals surface area contributed by atoms with Gasteiger partial charge in [0.1, 0.15) is 12.0 Å². The summed E-state index contributed by atoms with van der Waals surface area (Å²) in [4.78, 5) is 16.0. The molecule has 1 aromatic rings. The summed E-state index contributed by atoms with van der Waals surface area (Å²) in [5.74, 6) is 0.758. The number of aromatic nitrogens is 1. The van der Waals surface area contributed by atoms with Gasteiger partial charge >= 0.3 is 0 Å². The molecule has 0 saturated carbocycles. The van der Waals surface area contributed by atoms with Crippen molar-refractivity contribution in [1.29, 1.82) is 0 Å². The minimum Gasteiger partial charge on any atom is -0.355 e. The third-order valence-electron chi connectivity index (χ3n) is 2.49. The maximum atomic E-state index is 10.4. The van der Waals surface area contributed by atoms with E-state index in [1.54, 1.807) is 6.07 Å². The molecule has 2 rings (SSSR count). The summed E-state index contributed by atoms with van der Waals surface area (Å²) in [7, 11) is 0. The van der Waals surface area contributed by atoms with Crippen molar-refractivity contribution in [3.8, 4) is 0 Å². The van der Waals surface area contributed by atoms with Crippen LogP contribution in [0.15, 0.2) is 18.3 Å². The van der Waals surface area contributed by atoms with E-state index in [9.17, 15) is 10.1 Å². The molecule has 0 aliphatic carbocycles. The first-order valence-corrected chi connectivity index (χ1v) is 4.78. The van der Waals surface area contributed by atoms with Crippen LogP contribution in [0.25, 0.3) is 0 Å². The van der Waals surface area contributed by atoms with Crippen LogP contribution in [0.5, 0.6) is 0 Å². The molecule has 7 heteroatoms. The van der Waals surface area contributed by atoms with E-state index in [1.807, 2.05) is 4.90 Å². The Kier molecular flexibility index (Phi) is 4.03. The molecule has 1 aliphatic heterocycles. The molecular formula is C9H13ClN4O2. The number of nitrogens with two attached hydrogens (primary N) is 1. The molecule has 1 aliphatic rings. The second kappa shape index (κ2) is 5.09. The van der Waals surface area contributed by atoms with E-state index < -0.39 is 4.92 Å². The van der Waals surface area contributed by atoms with Crippen LogP contribution in [0.2, 0.25) is 0 Å². The zero-order chi connectivity index (χ0) is 10.8. The van der Waals surface area contributed by atoms with E-state index in [-0.39, 0.29) is 24.1 Å². The van der Waals surface area contributed by atoms with E-state index in [2.05, 4.69) is 4.98 Å². The Morgan fingerprint density at radius 2 is 2.31 bits per heavy atom. The van der Waals surface area contributed by atoms with Crippen LogP contribution in [0.4, 0.5) is 11.5 Å². The molecular weight excluding hydrogens is 232 g/mol. The monoisotopic (exact) mass is 244 g/mol. The topological polar surface area (TPSA) is 85.3 Å². The lowest BCUT2D eigenvalue weighted by atomic mass is 10.3. The summed E-state index contributed by atoms with van der Waals surface area (Å²) in [5.41, 5.74) is 5.78. The molecule has 1 atom stereocenters. The molecule has 6 nitrogen and oxygen atoms in total. The summed E-state index contributed by atoms with van der Waals surface area (Å²) in [6.45, 7) is 1.64. The van der Waals surface area contributed by atoms with Gasteiger partial charge in [0.05, 0.1) is 4.92 Å². The van der Waals surface area contributed by atoms with E-state index in [4.69, 9.17) is 5.73 Å². The average Bonchev–Trinajstić information content (AvgIpc) is 2.65. The zero-order valence-corrected chi connectivity index (χ0v) is 9.39. The minimum atomic E-state index is -0.452. The van der Waals surface area contributed by atoms with Gasteiger partial charge in [0.25, 0.3) is 5.69 Å². The van der Waals surface area contributed by atoms with Gasteiger partial charge in [-0.25, -0.2) is 4.98 Å². The fraction of sp³-hybridized carbons (Fsp3) is 0.444. The third-order valence-corrected chi connectivity index (χ3v) is 2.49. The van der Waals surface area contributed by atoms with Crippen LogP contribution in [-0.2, 0) is 0 Å². The SMILES string of the molecule is Cl.NC1CCN(c2ccc([N+](=O)[O-])cn2)C1. The van der Waals surface area contributed by atoms with E-state index in [0.29, 0.717) is 0 Å². The van der Waals surface area contributed by atoms with Crippen LogP contribution in [0.1, 0.15) is 6.42 Å². The highest BCUT2D eigenvalue weighted by Crippen LogP contribution is 2.19. The fourth-order valence-corrected chi connectivity index (χ4v) is 1.67. The van der Waals surface area contributed by atoms with Crippen molar-refractivity contribution in [1.82, 2.24) is 4.98 Å². The number of nitrogens with zero attached hydrogens (tertiary/aromatic N) is 3. The van der Waals surface area contributed by atoms with Gasteiger partial charge in [-0.1, -0.05) is 0 Å². The van der Waals surface area contributed by atoms with Gasteiger partial charge in [-0.3, -0.25) is 10.1 Å². The van der Waals surface area contributed by atoms with E-state index in [1.165, 1.54) is 12.3 Å². The van der Waals surface area contributed by atoms with Crippen molar-refractivity contribution in [2.45, 2.75) is 12.5 Å². The van der Waals surface area contributed by atoms with Gasteiger partial charge in [0.15, 0.2) is 0 Å². The Balaban J connectivity index is 0.00000128. The largest absolute Gasteiger partial charge is 0.355 e. The number of pyridine rings is 1. The van der Waals surface area contributed by atoms with Gasteiger partial charge in [-0.05, 0) is 12.5 Å². The Bertz CT molecular complexity index is 370. The van der Waals surface area contributed by atoms with Crippen LogP contribution in [-0.4, -0.2) is 29.0 Å². The lowest BCUT2D eigenvalue weighted by Gasteiger charge is -2.15. The lowest BCUT2D eigenvalue weighted by molar-refractivity contribution is -0.385. The highest BCUT2D eigenvalue weighted by atomic mass is 35.5. The van der Waals surface area contributed by atoms with Crippen LogP contribution >= 0.6 is 12.4 Å². The average molecular weight is 245 g/mol. The maximum absolute atomic E-state index is 10.4. The smallest absolute Gasteiger partial charge is 0.287 e. The quantitative estimate of drug-likeness (QED) is 0.618. The number of anilines is 1. The van der Waals surface area contributed by atoms with Gasteiger partial charge in [-0.15, -0.1) is 12.4 Å². The summed E-state index contributed by atoms with van der Waals surface area (Å²) >= 11 is 0. The van der Waals surface area contributed by atoms with Crippen molar-refractivity contribution in [3.63, 3.8) is 0 Å². The number of nitro groups is 1. The highest BCUT2D eigenvalue weighted by molar-refractivity contribution is 5.85. The molecule has 0 aromatic carbocycles. The zero-order valence-electron chi connectivity index (χ0n) is 8.57. The van der Waals surface area contributed by atoms with Crippen molar-refractivity contribution in [2.75, 3.05) is 18.0 Å². The molecule has 0 bridgehead atoms. The molecule has 1 saturated heterocycles. The van der Waals surface area contributed by atoms with Crippen molar-refractivity contribution in [3.05, 3.63) is 28.4 Å². The normalized spacial score (nSPS) is 19.3. The molecule has 88 valence electrons. The molecule has 1 aromatic heterocycles. The third kappa shape index (κ3) is 2.59. The molecule has 0 spiro atoms. The molecule has 16 heavy (non-hydrogen) atoms. The number of halogens is 1. The van der Waals surface area contributed by atoms with Crippen LogP contribution < -0.4 is 10.6 Å². The summed E-state index contributed by atoms with van der Waals surface area (Å²) in [6.07, 6.45) is 2.22. The van der Waals surface area contributed by atoms with E-state index >= 15 is 0 Å². The molecule has 0 radical (unpaired) electrons. The number of rotatable bonds is 2. The molecule has 2 heterocycles. The molecule has 2 N–H and O–H groups in total. The Morgan fingerprint density at radius 3 is 2.75 bits per heavy atom. The number of hydrogen-bond acceptors (Lipinski definition) is 5. The first-order valence-electron chi connectivity index (χ1n) is 4.78. The minimum absolute atomic E-state index is 0. The maximum Gasteiger partial charge on any atom is 0.287 e. The van der Waals surface area contributed by atoms with Crippen LogP contribution in [0, 0.1) is 10.1 Å². The summed E-state index contributed by atoms with van der Waals surface area (Å²) in [5, 5.41) is 10.4. The molecule has 0 amide bonds. The molecule has 1 fully saturated rings. The van der Waals surface area contributed by atoms with Crippen molar-refractivity contribution >= 4 is 23.9 Å². The Morgan fingerprint density at radius 1 is 1.56 bits per heavy atom. The van der Waals surface area contributed by atoms with Gasteiger partial charge < -0.3 is 10.6 Å². The summed E-state index contributed by atoms with van der Waals surface area (Å²) in [6, 6.07) is 3.31. The van der Waals surface area contributed by atoms with Gasteiger partial charge in [0, 0.05) is 25.2 Å². The van der Waals surface area contributed by atoms with E-state index in [0.717, 1.165) is 25.3 Å². The van der Waals surface area contributed by atoms with Crippen LogP contribution in [0.3, 0.4) is 0 Å². The van der Waals surface area contributed by atoms with Gasteiger partial charge in [-0.2, -0.15) is 0 Å². The second-order valence-electron chi connectivity index (χ2n) is 3.63. The molecule has 1 unspecified atom stereocenters. The van der Waals surface area contributed by atoms with Crippen molar-refractivity contribution < 1.29 is 4.92 Å². The Hall–Kier alpha value is -1.40. The number of hydrogen-bond donors (Lipinski definition) is 1. The predicted molar refractivity (Wildman–Crippen MR) is 62.9 cm³/mol. The second-order valence-corrected chi connectivity index (χ2v) is 3.63. The van der Waals surface area contributed by atoms with Crippen molar-refractivity contribution in [2.24, 2.45) is 5.73 Å². The first-order chi connectivity index (χ1) is 7.16. The fourth-order valence-electron chi connectivity index (χ4n) is 1.67. The Labute approximate surface area is 99.0 Å². The van der Waals surface area contributed by atoms with Gasteiger partial charge in [0.2, 0.25) is 0 Å².